The van der Waals surface area contributed by atoms with Crippen LogP contribution in [0, 0.1) is 0 Å². The first-order chi connectivity index (χ1) is 10.6. The van der Waals surface area contributed by atoms with Gasteiger partial charge in [0.15, 0.2) is 6.61 Å². The van der Waals surface area contributed by atoms with Gasteiger partial charge in [-0.2, -0.15) is 0 Å². The highest BCUT2D eigenvalue weighted by atomic mass is 35.5. The summed E-state index contributed by atoms with van der Waals surface area (Å²) in [4.78, 5) is 15.0. The lowest BCUT2D eigenvalue weighted by atomic mass is 10.3. The predicted octanol–water partition coefficient (Wildman–Crippen LogP) is 3.84. The SMILES string of the molecule is CCN(Cc1ccc(Cl)s1)C(=O)COc1cccc(OC)c1. The Morgan fingerprint density at radius 1 is 1.27 bits per heavy atom. The number of benzene rings is 1. The molecule has 0 fully saturated rings. The van der Waals surface area contributed by atoms with Crippen LogP contribution < -0.4 is 9.47 Å². The summed E-state index contributed by atoms with van der Waals surface area (Å²) in [5.74, 6) is 1.25. The number of rotatable bonds is 7. The zero-order valence-corrected chi connectivity index (χ0v) is 14.1. The van der Waals surface area contributed by atoms with Crippen molar-refractivity contribution < 1.29 is 14.3 Å². The average Bonchev–Trinajstić information content (AvgIpc) is 2.95. The number of likely N-dealkylation sites (N-methyl/N-ethyl adjacent to an activating group) is 1. The van der Waals surface area contributed by atoms with E-state index in [4.69, 9.17) is 21.1 Å². The van der Waals surface area contributed by atoms with E-state index in [1.807, 2.05) is 31.2 Å². The molecule has 0 aliphatic rings. The maximum atomic E-state index is 12.3. The van der Waals surface area contributed by atoms with Gasteiger partial charge in [0.2, 0.25) is 0 Å². The molecule has 0 aliphatic carbocycles. The van der Waals surface area contributed by atoms with Crippen molar-refractivity contribution in [2.45, 2.75) is 13.5 Å². The van der Waals surface area contributed by atoms with E-state index in [0.717, 1.165) is 9.21 Å². The fourth-order valence-electron chi connectivity index (χ4n) is 1.93. The Morgan fingerprint density at radius 3 is 2.68 bits per heavy atom. The van der Waals surface area contributed by atoms with Gasteiger partial charge in [-0.05, 0) is 31.2 Å². The molecule has 2 rings (SSSR count). The molecular formula is C16H18ClNO3S. The largest absolute Gasteiger partial charge is 0.497 e. The molecule has 22 heavy (non-hydrogen) atoms. The molecule has 0 atom stereocenters. The number of nitrogens with zero attached hydrogens (tertiary/aromatic N) is 1. The number of amides is 1. The van der Waals surface area contributed by atoms with Crippen LogP contribution in [0.2, 0.25) is 4.34 Å². The Labute approximate surface area is 139 Å². The molecule has 0 bridgehead atoms. The average molecular weight is 340 g/mol. The van der Waals surface area contributed by atoms with Crippen molar-refractivity contribution in [2.24, 2.45) is 0 Å². The third kappa shape index (κ3) is 4.64. The van der Waals surface area contributed by atoms with Crippen LogP contribution in [0.1, 0.15) is 11.8 Å². The highest BCUT2D eigenvalue weighted by Crippen LogP contribution is 2.23. The van der Waals surface area contributed by atoms with Crippen LogP contribution in [0.5, 0.6) is 11.5 Å². The standard InChI is InChI=1S/C16H18ClNO3S/c1-3-18(10-14-7-8-15(17)22-14)16(19)11-21-13-6-4-5-12(9-13)20-2/h4-9H,3,10-11H2,1-2H3. The number of hydrogen-bond acceptors (Lipinski definition) is 4. The van der Waals surface area contributed by atoms with Crippen LogP contribution in [0.4, 0.5) is 0 Å². The number of carbonyl (C=O) groups is 1. The first kappa shape index (κ1) is 16.6. The third-order valence-electron chi connectivity index (χ3n) is 3.11. The van der Waals surface area contributed by atoms with Gasteiger partial charge in [0.05, 0.1) is 18.0 Å². The van der Waals surface area contributed by atoms with E-state index >= 15 is 0 Å². The third-order valence-corrected chi connectivity index (χ3v) is 4.33. The van der Waals surface area contributed by atoms with Crippen molar-refractivity contribution in [3.05, 3.63) is 45.6 Å². The first-order valence-electron chi connectivity index (χ1n) is 6.91. The second kappa shape index (κ2) is 8.06. The van der Waals surface area contributed by atoms with Crippen molar-refractivity contribution in [1.29, 1.82) is 0 Å². The molecule has 1 heterocycles. The van der Waals surface area contributed by atoms with Crippen molar-refractivity contribution in [3.63, 3.8) is 0 Å². The molecule has 0 spiro atoms. The van der Waals surface area contributed by atoms with Gasteiger partial charge < -0.3 is 14.4 Å². The Balaban J connectivity index is 1.91. The molecule has 6 heteroatoms. The Kier molecular flexibility index (Phi) is 6.10. The number of hydrogen-bond donors (Lipinski definition) is 0. The van der Waals surface area contributed by atoms with E-state index in [-0.39, 0.29) is 12.5 Å². The summed E-state index contributed by atoms with van der Waals surface area (Å²) >= 11 is 7.40. The molecule has 1 aromatic heterocycles. The molecule has 0 N–H and O–H groups in total. The second-order valence-corrected chi connectivity index (χ2v) is 6.38. The van der Waals surface area contributed by atoms with E-state index in [9.17, 15) is 4.79 Å². The molecule has 0 saturated heterocycles. The lowest BCUT2D eigenvalue weighted by molar-refractivity contribution is -0.133. The van der Waals surface area contributed by atoms with Crippen molar-refractivity contribution in [2.75, 3.05) is 20.3 Å². The lowest BCUT2D eigenvalue weighted by Gasteiger charge is -2.20. The van der Waals surface area contributed by atoms with Gasteiger partial charge in [0, 0.05) is 17.5 Å². The summed E-state index contributed by atoms with van der Waals surface area (Å²) in [6.45, 7) is 3.11. The number of thiophene rings is 1. The maximum Gasteiger partial charge on any atom is 0.260 e. The minimum atomic E-state index is -0.0603. The van der Waals surface area contributed by atoms with Crippen LogP contribution >= 0.6 is 22.9 Å². The predicted molar refractivity (Wildman–Crippen MR) is 88.9 cm³/mol. The zero-order chi connectivity index (χ0) is 15.9. The molecule has 0 unspecified atom stereocenters. The van der Waals surface area contributed by atoms with E-state index in [0.29, 0.717) is 24.6 Å². The van der Waals surface area contributed by atoms with Gasteiger partial charge in [-0.15, -0.1) is 11.3 Å². The quantitative estimate of drug-likeness (QED) is 0.769. The van der Waals surface area contributed by atoms with Crippen LogP contribution in [0.15, 0.2) is 36.4 Å². The van der Waals surface area contributed by atoms with E-state index < -0.39 is 0 Å². The van der Waals surface area contributed by atoms with E-state index in [1.165, 1.54) is 11.3 Å². The molecule has 0 radical (unpaired) electrons. The number of halogens is 1. The summed E-state index contributed by atoms with van der Waals surface area (Å²) in [6.07, 6.45) is 0. The zero-order valence-electron chi connectivity index (χ0n) is 12.5. The monoisotopic (exact) mass is 339 g/mol. The summed E-state index contributed by atoms with van der Waals surface area (Å²) in [5, 5.41) is 0. The van der Waals surface area contributed by atoms with Gasteiger partial charge in [0.25, 0.3) is 5.91 Å². The minimum absolute atomic E-state index is 0.000114. The molecule has 118 valence electrons. The van der Waals surface area contributed by atoms with Crippen LogP contribution in [0.3, 0.4) is 0 Å². The molecule has 0 saturated carbocycles. The van der Waals surface area contributed by atoms with Gasteiger partial charge in [-0.3, -0.25) is 4.79 Å². The van der Waals surface area contributed by atoms with Gasteiger partial charge in [-0.25, -0.2) is 0 Å². The summed E-state index contributed by atoms with van der Waals surface area (Å²) in [5.41, 5.74) is 0. The summed E-state index contributed by atoms with van der Waals surface area (Å²) in [7, 11) is 1.59. The Bertz CT molecular complexity index is 629. The molecule has 4 nitrogen and oxygen atoms in total. The van der Waals surface area contributed by atoms with E-state index in [2.05, 4.69) is 0 Å². The highest BCUT2D eigenvalue weighted by Gasteiger charge is 2.14. The second-order valence-electron chi connectivity index (χ2n) is 4.58. The number of methoxy groups -OCH3 is 1. The first-order valence-corrected chi connectivity index (χ1v) is 8.10. The molecule has 0 aliphatic heterocycles. The van der Waals surface area contributed by atoms with Gasteiger partial charge in [-0.1, -0.05) is 17.7 Å². The Hall–Kier alpha value is -1.72. The highest BCUT2D eigenvalue weighted by molar-refractivity contribution is 7.16. The normalized spacial score (nSPS) is 10.3. The van der Waals surface area contributed by atoms with Gasteiger partial charge in [0.1, 0.15) is 11.5 Å². The fourth-order valence-corrected chi connectivity index (χ4v) is 3.03. The molecule has 1 amide bonds. The smallest absolute Gasteiger partial charge is 0.260 e. The minimum Gasteiger partial charge on any atom is -0.497 e. The summed E-state index contributed by atoms with van der Waals surface area (Å²) in [6, 6.07) is 11.0. The van der Waals surface area contributed by atoms with Crippen molar-refractivity contribution in [1.82, 2.24) is 4.90 Å². The molecule has 2 aromatic rings. The fraction of sp³-hybridized carbons (Fsp3) is 0.312. The van der Waals surface area contributed by atoms with Crippen LogP contribution in [-0.2, 0) is 11.3 Å². The topological polar surface area (TPSA) is 38.8 Å². The number of ether oxygens (including phenoxy) is 2. The van der Waals surface area contributed by atoms with Crippen molar-refractivity contribution in [3.8, 4) is 11.5 Å². The Morgan fingerprint density at radius 2 is 2.05 bits per heavy atom. The molecular weight excluding hydrogens is 322 g/mol. The van der Waals surface area contributed by atoms with Crippen molar-refractivity contribution >= 4 is 28.8 Å². The van der Waals surface area contributed by atoms with E-state index in [1.54, 1.807) is 24.1 Å². The van der Waals surface area contributed by atoms with Crippen LogP contribution in [0.25, 0.3) is 0 Å². The van der Waals surface area contributed by atoms with Crippen LogP contribution in [-0.4, -0.2) is 31.1 Å². The number of carbonyl (C=O) groups excluding carboxylic acids is 1. The maximum absolute atomic E-state index is 12.3. The summed E-state index contributed by atoms with van der Waals surface area (Å²) < 4.78 is 11.4. The molecule has 1 aromatic carbocycles. The lowest BCUT2D eigenvalue weighted by Crippen LogP contribution is -2.34. The van der Waals surface area contributed by atoms with Gasteiger partial charge >= 0.3 is 0 Å².